The molecule has 0 spiro atoms. The standard InChI is InChI=1S/C42H49NO13S2/c1-23-36(22-58-33-16-14-32(49)15-17-33)55-42(56-38(23)30-10-8-29(20-44)9-11-30)31-12-6-28(7-13-31)19-43-37(57)18-34-39(51-25(3)46)41(53-27(5)48)40(52-26(4)47)35(54-34)21-50-24(2)45/h6-17,23,34-36,38-42,44,49H,18-22H2,1-5H3,(H,43,57)/t23-,34-,35+,36+,38+,39-,40+,41+,42?/m0/s1. The molecule has 3 aromatic rings. The van der Waals surface area contributed by atoms with E-state index in [9.17, 15) is 29.4 Å². The fraction of sp³-hybridized carbons (Fsp3) is 0.452. The van der Waals surface area contributed by atoms with E-state index in [1.54, 1.807) is 23.9 Å². The summed E-state index contributed by atoms with van der Waals surface area (Å²) >= 11 is 7.32. The number of phenolic OH excluding ortho intramolecular Hbond substituents is 1. The lowest BCUT2D eigenvalue weighted by molar-refractivity contribution is -0.268. The number of thioether (sulfide) groups is 1. The van der Waals surface area contributed by atoms with Gasteiger partial charge in [0, 0.05) is 62.8 Å². The number of esters is 4. The van der Waals surface area contributed by atoms with Crippen LogP contribution in [0, 0.1) is 5.92 Å². The van der Waals surface area contributed by atoms with Crippen LogP contribution in [0.3, 0.4) is 0 Å². The zero-order valence-electron chi connectivity index (χ0n) is 32.9. The topological polar surface area (TPSA) is 185 Å². The molecule has 0 aliphatic carbocycles. The molecular formula is C42H49NO13S2. The van der Waals surface area contributed by atoms with E-state index in [0.717, 1.165) is 34.1 Å². The Bertz CT molecular complexity index is 1880. The van der Waals surface area contributed by atoms with Crippen LogP contribution in [0.5, 0.6) is 5.75 Å². The molecule has 2 aliphatic rings. The van der Waals surface area contributed by atoms with Crippen molar-refractivity contribution in [1.82, 2.24) is 5.32 Å². The number of nitrogens with one attached hydrogen (secondary N) is 1. The molecule has 312 valence electrons. The molecule has 0 radical (unpaired) electrons. The van der Waals surface area contributed by atoms with Crippen LogP contribution in [-0.4, -0.2) is 88.1 Å². The molecule has 58 heavy (non-hydrogen) atoms. The van der Waals surface area contributed by atoms with Crippen molar-refractivity contribution in [2.45, 2.75) is 108 Å². The van der Waals surface area contributed by atoms with Crippen molar-refractivity contribution in [1.29, 1.82) is 0 Å². The molecule has 3 aromatic carbocycles. The second kappa shape index (κ2) is 20.9. The Balaban J connectivity index is 1.28. The highest BCUT2D eigenvalue weighted by Gasteiger charge is 2.52. The summed E-state index contributed by atoms with van der Waals surface area (Å²) in [5.41, 5.74) is 3.48. The number of aliphatic hydroxyl groups is 1. The van der Waals surface area contributed by atoms with E-state index in [2.05, 4.69) is 12.2 Å². The molecule has 5 rings (SSSR count). The zero-order valence-corrected chi connectivity index (χ0v) is 34.5. The number of ether oxygens (including phenoxy) is 7. The van der Waals surface area contributed by atoms with Crippen molar-refractivity contribution < 1.29 is 62.5 Å². The molecule has 16 heteroatoms. The van der Waals surface area contributed by atoms with Crippen molar-refractivity contribution in [3.8, 4) is 5.75 Å². The molecule has 0 amide bonds. The van der Waals surface area contributed by atoms with Gasteiger partial charge in [0.25, 0.3) is 0 Å². The lowest BCUT2D eigenvalue weighted by Crippen LogP contribution is -2.62. The number of hydrogen-bond acceptors (Lipinski definition) is 15. The molecule has 2 saturated heterocycles. The third kappa shape index (κ3) is 12.5. The summed E-state index contributed by atoms with van der Waals surface area (Å²) in [6.07, 6.45) is -6.91. The van der Waals surface area contributed by atoms with E-state index >= 15 is 0 Å². The van der Waals surface area contributed by atoms with Crippen molar-refractivity contribution in [3.63, 3.8) is 0 Å². The van der Waals surface area contributed by atoms with E-state index in [4.69, 9.17) is 45.4 Å². The Hall–Kier alpha value is -4.58. The Labute approximate surface area is 346 Å². The predicted octanol–water partition coefficient (Wildman–Crippen LogP) is 5.40. The minimum atomic E-state index is -1.28. The third-order valence-electron chi connectivity index (χ3n) is 9.59. The molecule has 2 heterocycles. The van der Waals surface area contributed by atoms with Gasteiger partial charge in [-0.2, -0.15) is 0 Å². The molecule has 3 N–H and O–H groups in total. The minimum absolute atomic E-state index is 0.00675. The maximum absolute atomic E-state index is 12.2. The monoisotopic (exact) mass is 839 g/mol. The highest BCUT2D eigenvalue weighted by molar-refractivity contribution is 7.99. The quantitative estimate of drug-likeness (QED) is 0.0764. The van der Waals surface area contributed by atoms with Gasteiger partial charge >= 0.3 is 23.9 Å². The number of rotatable bonds is 15. The van der Waals surface area contributed by atoms with E-state index in [1.165, 1.54) is 20.8 Å². The van der Waals surface area contributed by atoms with Gasteiger partial charge in [-0.3, -0.25) is 19.2 Å². The first-order valence-corrected chi connectivity index (χ1v) is 20.2. The van der Waals surface area contributed by atoms with Crippen LogP contribution in [0.1, 0.15) is 75.7 Å². The maximum Gasteiger partial charge on any atom is 0.303 e. The fourth-order valence-electron chi connectivity index (χ4n) is 6.76. The third-order valence-corrected chi connectivity index (χ3v) is 11.0. The summed E-state index contributed by atoms with van der Waals surface area (Å²) in [7, 11) is 0. The number of thiocarbonyl (C=S) groups is 1. The van der Waals surface area contributed by atoms with Crippen molar-refractivity contribution in [2.24, 2.45) is 5.92 Å². The molecule has 0 bridgehead atoms. The summed E-state index contributed by atoms with van der Waals surface area (Å²) in [5.74, 6) is -1.88. The Morgan fingerprint density at radius 1 is 0.707 bits per heavy atom. The van der Waals surface area contributed by atoms with Gasteiger partial charge in [0.2, 0.25) is 0 Å². The number of carbonyl (C=O) groups excluding carboxylic acids is 4. The van der Waals surface area contributed by atoms with Gasteiger partial charge in [0.15, 0.2) is 24.6 Å². The summed E-state index contributed by atoms with van der Waals surface area (Å²) < 4.78 is 41.1. The SMILES string of the molecule is CC(=O)OC[C@H]1O[C@@H](CC(=S)NCc2ccc(C3O[C@H](CSc4ccc(O)cc4)[C@H](C)[C@H](c4ccc(CO)cc4)O3)cc2)[C@H](OC(C)=O)[C@@H](OC(C)=O)[C@@H]1OC(C)=O. The van der Waals surface area contributed by atoms with Crippen LogP contribution in [-0.2, 0) is 65.5 Å². The summed E-state index contributed by atoms with van der Waals surface area (Å²) in [6, 6.07) is 22.5. The van der Waals surface area contributed by atoms with E-state index in [-0.39, 0.29) is 43.5 Å². The van der Waals surface area contributed by atoms with Gasteiger partial charge in [-0.15, -0.1) is 11.8 Å². The molecule has 9 atom stereocenters. The van der Waals surface area contributed by atoms with Gasteiger partial charge in [-0.05, 0) is 41.0 Å². The number of hydrogen-bond donors (Lipinski definition) is 3. The Morgan fingerprint density at radius 3 is 1.86 bits per heavy atom. The van der Waals surface area contributed by atoms with Crippen molar-refractivity contribution in [3.05, 3.63) is 95.1 Å². The molecule has 2 aliphatic heterocycles. The molecule has 14 nitrogen and oxygen atoms in total. The van der Waals surface area contributed by atoms with Crippen LogP contribution >= 0.6 is 24.0 Å². The highest BCUT2D eigenvalue weighted by atomic mass is 32.2. The Kier molecular flexibility index (Phi) is 16.0. The molecule has 1 unspecified atom stereocenters. The van der Waals surface area contributed by atoms with Crippen molar-refractivity contribution >= 4 is 52.8 Å². The number of benzene rings is 3. The molecule has 0 saturated carbocycles. The first-order valence-electron chi connectivity index (χ1n) is 18.8. The zero-order chi connectivity index (χ0) is 41.9. The van der Waals surface area contributed by atoms with Gasteiger partial charge in [0.05, 0.1) is 23.8 Å². The van der Waals surface area contributed by atoms with E-state index < -0.39 is 60.7 Å². The van der Waals surface area contributed by atoms with Gasteiger partial charge in [-0.25, -0.2) is 0 Å². The molecule has 0 aromatic heterocycles. The minimum Gasteiger partial charge on any atom is -0.508 e. The number of phenols is 1. The predicted molar refractivity (Wildman–Crippen MR) is 214 cm³/mol. The second-order valence-corrected chi connectivity index (χ2v) is 15.7. The lowest BCUT2D eigenvalue weighted by atomic mass is 9.91. The van der Waals surface area contributed by atoms with Crippen LogP contribution in [0.2, 0.25) is 0 Å². The highest BCUT2D eigenvalue weighted by Crippen LogP contribution is 2.43. The number of aromatic hydroxyl groups is 1. The van der Waals surface area contributed by atoms with Crippen LogP contribution in [0.25, 0.3) is 0 Å². The largest absolute Gasteiger partial charge is 0.508 e. The average Bonchev–Trinajstić information content (AvgIpc) is 3.18. The van der Waals surface area contributed by atoms with Crippen LogP contribution < -0.4 is 5.32 Å². The number of aliphatic hydroxyl groups excluding tert-OH is 1. The molecule has 2 fully saturated rings. The van der Waals surface area contributed by atoms with Gasteiger partial charge in [-0.1, -0.05) is 67.7 Å². The van der Waals surface area contributed by atoms with Crippen molar-refractivity contribution in [2.75, 3.05) is 12.4 Å². The normalized spacial score (nSPS) is 25.5. The van der Waals surface area contributed by atoms with Gasteiger partial charge in [0.1, 0.15) is 24.6 Å². The maximum atomic E-state index is 12.2. The smallest absolute Gasteiger partial charge is 0.303 e. The van der Waals surface area contributed by atoms with E-state index in [1.807, 2.05) is 60.7 Å². The Morgan fingerprint density at radius 2 is 1.28 bits per heavy atom. The summed E-state index contributed by atoms with van der Waals surface area (Å²) in [5, 5.41) is 22.5. The molecular weight excluding hydrogens is 791 g/mol. The first kappa shape index (κ1) is 44.5. The first-order chi connectivity index (χ1) is 27.7. The summed E-state index contributed by atoms with van der Waals surface area (Å²) in [6.45, 7) is 6.75. The number of carbonyl (C=O) groups is 4. The summed E-state index contributed by atoms with van der Waals surface area (Å²) in [4.78, 5) is 49.5. The average molecular weight is 840 g/mol. The second-order valence-electron chi connectivity index (χ2n) is 14.1. The van der Waals surface area contributed by atoms with Gasteiger partial charge < -0.3 is 48.7 Å². The lowest BCUT2D eigenvalue weighted by Gasteiger charge is -2.44. The van der Waals surface area contributed by atoms with E-state index in [0.29, 0.717) is 17.3 Å². The van der Waals surface area contributed by atoms with Crippen LogP contribution in [0.15, 0.2) is 77.7 Å². The van der Waals surface area contributed by atoms with Crippen LogP contribution in [0.4, 0.5) is 0 Å². The fourth-order valence-corrected chi connectivity index (χ4v) is 8.06.